The second-order valence-corrected chi connectivity index (χ2v) is 4.94. The van der Waals surface area contributed by atoms with Crippen LogP contribution in [-0.2, 0) is 9.47 Å². The standard InChI is InChI=1S/C13H16ClNO5/c1-9(2)8-19-5-6-20-13(16)10-3-4-12(15(17)18)11(14)7-10/h3-4,7,9H,5-6,8H2,1-2H3. The van der Waals surface area contributed by atoms with E-state index < -0.39 is 10.9 Å². The molecule has 0 N–H and O–H groups in total. The minimum atomic E-state index is -0.614. The quantitative estimate of drug-likeness (QED) is 0.335. The molecule has 110 valence electrons. The van der Waals surface area contributed by atoms with E-state index in [0.29, 0.717) is 19.1 Å². The molecular formula is C13H16ClNO5. The number of nitro benzene ring substituents is 1. The number of benzene rings is 1. The fourth-order valence-corrected chi connectivity index (χ4v) is 1.63. The minimum absolute atomic E-state index is 0.0968. The maximum Gasteiger partial charge on any atom is 0.338 e. The van der Waals surface area contributed by atoms with Crippen LogP contribution in [0, 0.1) is 16.0 Å². The van der Waals surface area contributed by atoms with Crippen molar-refractivity contribution in [2.75, 3.05) is 19.8 Å². The summed E-state index contributed by atoms with van der Waals surface area (Å²) >= 11 is 5.71. The van der Waals surface area contributed by atoms with E-state index in [1.54, 1.807) is 0 Å². The molecular weight excluding hydrogens is 286 g/mol. The van der Waals surface area contributed by atoms with Crippen LogP contribution in [0.1, 0.15) is 24.2 Å². The third-order valence-electron chi connectivity index (χ3n) is 2.29. The largest absolute Gasteiger partial charge is 0.460 e. The molecule has 0 aliphatic rings. The van der Waals surface area contributed by atoms with Gasteiger partial charge in [-0.05, 0) is 18.1 Å². The van der Waals surface area contributed by atoms with Gasteiger partial charge in [0, 0.05) is 12.7 Å². The van der Waals surface area contributed by atoms with Gasteiger partial charge in [-0.1, -0.05) is 25.4 Å². The van der Waals surface area contributed by atoms with E-state index in [2.05, 4.69) is 0 Å². The fraction of sp³-hybridized carbons (Fsp3) is 0.462. The average Bonchev–Trinajstić information content (AvgIpc) is 2.37. The van der Waals surface area contributed by atoms with Crippen LogP contribution in [0.5, 0.6) is 0 Å². The van der Waals surface area contributed by atoms with Crippen LogP contribution in [-0.4, -0.2) is 30.7 Å². The number of hydrogen-bond donors (Lipinski definition) is 0. The van der Waals surface area contributed by atoms with Crippen molar-refractivity contribution in [2.45, 2.75) is 13.8 Å². The Labute approximate surface area is 121 Å². The third kappa shape index (κ3) is 5.14. The van der Waals surface area contributed by atoms with Gasteiger partial charge in [-0.3, -0.25) is 10.1 Å². The van der Waals surface area contributed by atoms with Crippen molar-refractivity contribution in [3.05, 3.63) is 38.9 Å². The summed E-state index contributed by atoms with van der Waals surface area (Å²) in [5.74, 6) is -0.172. The fourth-order valence-electron chi connectivity index (χ4n) is 1.38. The first-order valence-electron chi connectivity index (χ1n) is 6.10. The van der Waals surface area contributed by atoms with Gasteiger partial charge in [-0.2, -0.15) is 0 Å². The summed E-state index contributed by atoms with van der Waals surface area (Å²) in [5, 5.41) is 10.5. The number of halogens is 1. The van der Waals surface area contributed by atoms with Gasteiger partial charge in [0.2, 0.25) is 0 Å². The molecule has 1 rings (SSSR count). The molecule has 7 heteroatoms. The van der Waals surface area contributed by atoms with Crippen LogP contribution in [0.3, 0.4) is 0 Å². The summed E-state index contributed by atoms with van der Waals surface area (Å²) in [7, 11) is 0. The Bertz CT molecular complexity index is 490. The zero-order valence-electron chi connectivity index (χ0n) is 11.3. The zero-order chi connectivity index (χ0) is 15.1. The number of nitrogens with zero attached hydrogens (tertiary/aromatic N) is 1. The summed E-state index contributed by atoms with van der Waals surface area (Å²) in [5.41, 5.74) is -0.0760. The molecule has 20 heavy (non-hydrogen) atoms. The van der Waals surface area contributed by atoms with Crippen LogP contribution in [0.15, 0.2) is 18.2 Å². The van der Waals surface area contributed by atoms with E-state index in [1.165, 1.54) is 18.2 Å². The Morgan fingerprint density at radius 1 is 1.40 bits per heavy atom. The molecule has 0 bridgehead atoms. The highest BCUT2D eigenvalue weighted by atomic mass is 35.5. The van der Waals surface area contributed by atoms with Gasteiger partial charge in [0.05, 0.1) is 17.1 Å². The van der Waals surface area contributed by atoms with E-state index in [1.807, 2.05) is 13.8 Å². The van der Waals surface area contributed by atoms with Crippen LogP contribution < -0.4 is 0 Å². The number of ether oxygens (including phenoxy) is 2. The molecule has 0 saturated heterocycles. The molecule has 0 fully saturated rings. The second kappa shape index (κ2) is 7.81. The van der Waals surface area contributed by atoms with Crippen LogP contribution in [0.4, 0.5) is 5.69 Å². The third-order valence-corrected chi connectivity index (χ3v) is 2.59. The summed E-state index contributed by atoms with van der Waals surface area (Å²) in [6.45, 7) is 5.07. The predicted molar refractivity (Wildman–Crippen MR) is 74.0 cm³/mol. The number of carbonyl (C=O) groups excluding carboxylic acids is 1. The van der Waals surface area contributed by atoms with Crippen molar-refractivity contribution in [3.8, 4) is 0 Å². The van der Waals surface area contributed by atoms with Crippen molar-refractivity contribution in [1.82, 2.24) is 0 Å². The van der Waals surface area contributed by atoms with Crippen molar-refractivity contribution in [1.29, 1.82) is 0 Å². The molecule has 0 radical (unpaired) electrons. The van der Waals surface area contributed by atoms with E-state index in [0.717, 1.165) is 0 Å². The van der Waals surface area contributed by atoms with Crippen molar-refractivity contribution in [3.63, 3.8) is 0 Å². The molecule has 0 spiro atoms. The molecule has 0 atom stereocenters. The summed E-state index contributed by atoms with van der Waals surface area (Å²) in [4.78, 5) is 21.6. The first kappa shape index (κ1) is 16.4. The first-order chi connectivity index (χ1) is 9.41. The van der Waals surface area contributed by atoms with Crippen molar-refractivity contribution < 1.29 is 19.2 Å². The Balaban J connectivity index is 2.48. The second-order valence-electron chi connectivity index (χ2n) is 4.53. The molecule has 0 unspecified atom stereocenters. The Morgan fingerprint density at radius 3 is 2.65 bits per heavy atom. The smallest absolute Gasteiger partial charge is 0.338 e. The van der Waals surface area contributed by atoms with Gasteiger partial charge in [0.25, 0.3) is 5.69 Å². The number of nitro groups is 1. The SMILES string of the molecule is CC(C)COCCOC(=O)c1ccc([N+](=O)[O-])c(Cl)c1. The van der Waals surface area contributed by atoms with Gasteiger partial charge < -0.3 is 9.47 Å². The molecule has 1 aromatic rings. The Hall–Kier alpha value is -1.66. The summed E-state index contributed by atoms with van der Waals surface area (Å²) in [6.07, 6.45) is 0. The van der Waals surface area contributed by atoms with Crippen LogP contribution in [0.2, 0.25) is 5.02 Å². The Kier molecular flexibility index (Phi) is 6.41. The Morgan fingerprint density at radius 2 is 2.10 bits per heavy atom. The lowest BCUT2D eigenvalue weighted by atomic mass is 10.2. The molecule has 1 aromatic carbocycles. The van der Waals surface area contributed by atoms with E-state index in [-0.39, 0.29) is 22.9 Å². The van der Waals surface area contributed by atoms with Gasteiger partial charge in [0.15, 0.2) is 0 Å². The maximum atomic E-state index is 11.7. The summed E-state index contributed by atoms with van der Waals surface area (Å²) in [6, 6.07) is 3.70. The van der Waals surface area contributed by atoms with Crippen LogP contribution in [0.25, 0.3) is 0 Å². The minimum Gasteiger partial charge on any atom is -0.460 e. The first-order valence-corrected chi connectivity index (χ1v) is 6.48. The van der Waals surface area contributed by atoms with Gasteiger partial charge in [-0.15, -0.1) is 0 Å². The van der Waals surface area contributed by atoms with Gasteiger partial charge in [0.1, 0.15) is 11.6 Å². The zero-order valence-corrected chi connectivity index (χ0v) is 12.1. The van der Waals surface area contributed by atoms with Gasteiger partial charge >= 0.3 is 5.97 Å². The number of esters is 1. The topological polar surface area (TPSA) is 78.7 Å². The molecule has 6 nitrogen and oxygen atoms in total. The molecule has 0 amide bonds. The molecule has 0 aliphatic carbocycles. The molecule has 0 heterocycles. The van der Waals surface area contributed by atoms with E-state index in [9.17, 15) is 14.9 Å². The lowest BCUT2D eigenvalue weighted by Crippen LogP contribution is -2.12. The molecule has 0 aliphatic heterocycles. The normalized spacial score (nSPS) is 10.6. The van der Waals surface area contributed by atoms with E-state index in [4.69, 9.17) is 21.1 Å². The lowest BCUT2D eigenvalue weighted by molar-refractivity contribution is -0.384. The maximum absolute atomic E-state index is 11.7. The van der Waals surface area contributed by atoms with E-state index >= 15 is 0 Å². The number of hydrogen-bond acceptors (Lipinski definition) is 5. The highest BCUT2D eigenvalue weighted by molar-refractivity contribution is 6.33. The van der Waals surface area contributed by atoms with Crippen molar-refractivity contribution >= 4 is 23.3 Å². The molecule has 0 saturated carbocycles. The predicted octanol–water partition coefficient (Wildman–Crippen LogP) is 3.08. The lowest BCUT2D eigenvalue weighted by Gasteiger charge is -2.08. The van der Waals surface area contributed by atoms with Crippen molar-refractivity contribution in [2.24, 2.45) is 5.92 Å². The molecule has 0 aromatic heterocycles. The van der Waals surface area contributed by atoms with Crippen LogP contribution >= 0.6 is 11.6 Å². The number of carbonyl (C=O) groups is 1. The summed E-state index contributed by atoms with van der Waals surface area (Å²) < 4.78 is 10.2. The van der Waals surface area contributed by atoms with Gasteiger partial charge in [-0.25, -0.2) is 4.79 Å². The highest BCUT2D eigenvalue weighted by Gasteiger charge is 2.15. The average molecular weight is 302 g/mol. The number of rotatable bonds is 7. The monoisotopic (exact) mass is 301 g/mol. The highest BCUT2D eigenvalue weighted by Crippen LogP contribution is 2.25.